The molecule has 0 spiro atoms. The second-order valence-corrected chi connectivity index (χ2v) is 9.02. The Balaban J connectivity index is 0.00000408. The number of hydrogen-bond donors (Lipinski definition) is 0. The van der Waals surface area contributed by atoms with Crippen molar-refractivity contribution in [2.75, 3.05) is 0 Å². The molecule has 0 fully saturated rings. The Morgan fingerprint density at radius 3 is 1.81 bits per heavy atom. The van der Waals surface area contributed by atoms with Crippen LogP contribution in [0.5, 0.6) is 0 Å². The van der Waals surface area contributed by atoms with Gasteiger partial charge in [-0.1, -0.05) is 76.2 Å². The van der Waals surface area contributed by atoms with E-state index in [1.807, 2.05) is 56.3 Å². The Hall–Kier alpha value is -2.23. The van der Waals surface area contributed by atoms with Crippen LogP contribution in [-0.4, -0.2) is 16.4 Å². The Bertz CT molecular complexity index is 1170. The van der Waals surface area contributed by atoms with Crippen LogP contribution in [0, 0.1) is 0 Å². The van der Waals surface area contributed by atoms with Crippen LogP contribution in [0.15, 0.2) is 83.3 Å². The first-order chi connectivity index (χ1) is 15.8. The van der Waals surface area contributed by atoms with Gasteiger partial charge in [-0.3, -0.25) is 9.98 Å². The Labute approximate surface area is 240 Å². The third kappa shape index (κ3) is 8.42. The molecule has 2 aromatic carbocycles. The molecule has 0 N–H and O–H groups in total. The van der Waals surface area contributed by atoms with Crippen molar-refractivity contribution in [1.82, 2.24) is 4.98 Å². The maximum atomic E-state index is 5.10. The summed E-state index contributed by atoms with van der Waals surface area (Å²) in [6, 6.07) is 20.7. The standard InChI is InChI=1S/C30H35N3.2ClH.Fe/c1-8-13-24-14-9-10-17-29(24)31-22(6)27-18-12-19-28(33-27)23(7)32-30-25(20(2)3)15-11-16-26(30)21(4)5;;;/h8-12,14-21H,1,13H2,2-7H3;2*1H;/q;;;+2/p-2. The molecule has 192 valence electrons. The van der Waals surface area contributed by atoms with Crippen molar-refractivity contribution in [2.45, 2.75) is 59.8 Å². The molecule has 0 aliphatic carbocycles. The van der Waals surface area contributed by atoms with Crippen LogP contribution in [0.2, 0.25) is 0 Å². The molecule has 3 aromatic rings. The van der Waals surface area contributed by atoms with E-state index in [1.165, 1.54) is 11.1 Å². The molecule has 0 aliphatic rings. The SMILES string of the molecule is C=CCc1ccccc1N=C(C)c1cccc(C(C)=Nc2c(C(C)C)cccc2C(C)C)n1.[Cl-].[Cl-].[Fe+2]. The van der Waals surface area contributed by atoms with Crippen molar-refractivity contribution >= 4 is 22.8 Å². The fraction of sp³-hybridized carbons (Fsp3) is 0.300. The number of halogens is 2. The molecular formula is C30H35Cl2FeN3. The average Bonchev–Trinajstić information content (AvgIpc) is 2.80. The van der Waals surface area contributed by atoms with Crippen LogP contribution in [0.1, 0.15) is 81.5 Å². The van der Waals surface area contributed by atoms with Crippen LogP contribution in [-0.2, 0) is 23.5 Å². The van der Waals surface area contributed by atoms with Crippen molar-refractivity contribution in [3.05, 3.63) is 101 Å². The molecule has 0 saturated heterocycles. The third-order valence-electron chi connectivity index (χ3n) is 5.76. The largest absolute Gasteiger partial charge is 2.00 e. The summed E-state index contributed by atoms with van der Waals surface area (Å²) in [5.74, 6) is 0.805. The number of benzene rings is 2. The second-order valence-electron chi connectivity index (χ2n) is 9.02. The van der Waals surface area contributed by atoms with Gasteiger partial charge in [0.05, 0.1) is 34.2 Å². The summed E-state index contributed by atoms with van der Waals surface area (Å²) in [6.45, 7) is 16.8. The molecule has 36 heavy (non-hydrogen) atoms. The number of pyridine rings is 1. The van der Waals surface area contributed by atoms with Crippen molar-refractivity contribution in [3.8, 4) is 0 Å². The van der Waals surface area contributed by atoms with Crippen LogP contribution in [0.25, 0.3) is 0 Å². The van der Waals surface area contributed by atoms with Gasteiger partial charge in [0.15, 0.2) is 0 Å². The molecule has 0 radical (unpaired) electrons. The Morgan fingerprint density at radius 2 is 1.28 bits per heavy atom. The minimum absolute atomic E-state index is 0. The molecule has 1 heterocycles. The van der Waals surface area contributed by atoms with Crippen LogP contribution < -0.4 is 24.8 Å². The monoisotopic (exact) mass is 563 g/mol. The van der Waals surface area contributed by atoms with Crippen molar-refractivity contribution < 1.29 is 41.9 Å². The molecule has 6 heteroatoms. The number of hydrogen-bond acceptors (Lipinski definition) is 3. The van der Waals surface area contributed by atoms with Gasteiger partial charge in [-0.2, -0.15) is 0 Å². The molecule has 0 bridgehead atoms. The van der Waals surface area contributed by atoms with E-state index in [-0.39, 0.29) is 41.9 Å². The van der Waals surface area contributed by atoms with Crippen molar-refractivity contribution in [3.63, 3.8) is 0 Å². The number of aliphatic imine (C=N–C) groups is 2. The van der Waals surface area contributed by atoms with Gasteiger partial charge in [0.2, 0.25) is 0 Å². The predicted molar refractivity (Wildman–Crippen MR) is 143 cm³/mol. The number of para-hydroxylation sites is 2. The maximum absolute atomic E-state index is 5.10. The van der Waals surface area contributed by atoms with E-state index in [9.17, 15) is 0 Å². The van der Waals surface area contributed by atoms with Gasteiger partial charge in [0, 0.05) is 0 Å². The summed E-state index contributed by atoms with van der Waals surface area (Å²) in [5, 5.41) is 0. The second kappa shape index (κ2) is 15.8. The average molecular weight is 564 g/mol. The van der Waals surface area contributed by atoms with E-state index in [2.05, 4.69) is 58.5 Å². The fourth-order valence-corrected chi connectivity index (χ4v) is 3.89. The van der Waals surface area contributed by atoms with E-state index in [1.54, 1.807) is 0 Å². The van der Waals surface area contributed by atoms with Crippen molar-refractivity contribution in [1.29, 1.82) is 0 Å². The molecule has 0 aliphatic heterocycles. The van der Waals surface area contributed by atoms with Gasteiger partial charge in [-0.15, -0.1) is 6.58 Å². The first kappa shape index (κ1) is 33.8. The molecule has 0 atom stereocenters. The van der Waals surface area contributed by atoms with E-state index >= 15 is 0 Å². The smallest absolute Gasteiger partial charge is 1.00 e. The minimum atomic E-state index is 0. The van der Waals surface area contributed by atoms with Gasteiger partial charge in [0.1, 0.15) is 0 Å². The maximum Gasteiger partial charge on any atom is 2.00 e. The zero-order valence-corrected chi connectivity index (χ0v) is 24.5. The minimum Gasteiger partial charge on any atom is -1.00 e. The number of nitrogens with zero attached hydrogens (tertiary/aromatic N) is 3. The number of aromatic nitrogens is 1. The zero-order chi connectivity index (χ0) is 24.0. The molecule has 3 nitrogen and oxygen atoms in total. The summed E-state index contributed by atoms with van der Waals surface area (Å²) in [4.78, 5) is 14.9. The van der Waals surface area contributed by atoms with Gasteiger partial charge in [0.25, 0.3) is 0 Å². The Morgan fingerprint density at radius 1 is 0.778 bits per heavy atom. The van der Waals surface area contributed by atoms with E-state index in [4.69, 9.17) is 15.0 Å². The predicted octanol–water partition coefficient (Wildman–Crippen LogP) is 2.34. The summed E-state index contributed by atoms with van der Waals surface area (Å²) in [7, 11) is 0. The quantitative estimate of drug-likeness (QED) is 0.235. The van der Waals surface area contributed by atoms with Gasteiger partial charge in [-0.25, -0.2) is 4.98 Å². The molecule has 0 unspecified atom stereocenters. The van der Waals surface area contributed by atoms with E-state index in [0.29, 0.717) is 11.8 Å². The first-order valence-electron chi connectivity index (χ1n) is 11.7. The molecule has 1 aromatic heterocycles. The summed E-state index contributed by atoms with van der Waals surface area (Å²) >= 11 is 0. The number of rotatable bonds is 8. The fourth-order valence-electron chi connectivity index (χ4n) is 3.89. The first-order valence-corrected chi connectivity index (χ1v) is 11.7. The third-order valence-corrected chi connectivity index (χ3v) is 5.76. The number of allylic oxidation sites excluding steroid dienone is 1. The molecule has 3 rings (SSSR count). The topological polar surface area (TPSA) is 37.6 Å². The van der Waals surface area contributed by atoms with E-state index < -0.39 is 0 Å². The van der Waals surface area contributed by atoms with Crippen molar-refractivity contribution in [2.24, 2.45) is 9.98 Å². The summed E-state index contributed by atoms with van der Waals surface area (Å²) < 4.78 is 0. The Kier molecular flexibility index (Phi) is 14.8. The molecule has 0 saturated carbocycles. The van der Waals surface area contributed by atoms with Gasteiger partial charge in [-0.05, 0) is 67.0 Å². The van der Waals surface area contributed by atoms with Crippen LogP contribution in [0.3, 0.4) is 0 Å². The summed E-state index contributed by atoms with van der Waals surface area (Å²) in [6.07, 6.45) is 2.70. The molecule has 0 amide bonds. The zero-order valence-electron chi connectivity index (χ0n) is 21.9. The summed E-state index contributed by atoms with van der Waals surface area (Å²) in [5.41, 5.74) is 9.26. The molecular weight excluding hydrogens is 529 g/mol. The van der Waals surface area contributed by atoms with Gasteiger partial charge >= 0.3 is 17.1 Å². The van der Waals surface area contributed by atoms with Gasteiger partial charge < -0.3 is 24.8 Å². The van der Waals surface area contributed by atoms with Crippen LogP contribution in [0.4, 0.5) is 11.4 Å². The van der Waals surface area contributed by atoms with Crippen LogP contribution >= 0.6 is 0 Å². The normalized spacial score (nSPS) is 11.4. The van der Waals surface area contributed by atoms with E-state index in [0.717, 1.165) is 46.2 Å².